The van der Waals surface area contributed by atoms with Gasteiger partial charge in [0.2, 0.25) is 0 Å². The van der Waals surface area contributed by atoms with Crippen LogP contribution in [0.15, 0.2) is 24.3 Å². The second-order valence-electron chi connectivity index (χ2n) is 4.46. The largest absolute Gasteiger partial charge is 0.396 e. The molecule has 2 rings (SSSR count). The van der Waals surface area contributed by atoms with Gasteiger partial charge in [-0.25, -0.2) is 9.97 Å². The van der Waals surface area contributed by atoms with E-state index in [0.29, 0.717) is 0 Å². The number of nitrogens with zero attached hydrogens (tertiary/aromatic N) is 2. The van der Waals surface area contributed by atoms with E-state index in [0.717, 1.165) is 34.7 Å². The molecule has 5 heteroatoms. The van der Waals surface area contributed by atoms with Crippen LogP contribution < -0.4 is 5.32 Å². The summed E-state index contributed by atoms with van der Waals surface area (Å²) in [5, 5.41) is 12.5. The van der Waals surface area contributed by atoms with Crippen molar-refractivity contribution in [3.63, 3.8) is 0 Å². The van der Waals surface area contributed by atoms with Crippen LogP contribution in [0.3, 0.4) is 0 Å². The van der Waals surface area contributed by atoms with Crippen molar-refractivity contribution >= 4 is 28.6 Å². The first-order valence-electron chi connectivity index (χ1n) is 6.34. The average molecular weight is 277 g/mol. The lowest BCUT2D eigenvalue weighted by Crippen LogP contribution is -2.25. The topological polar surface area (TPSA) is 58.0 Å². The minimum absolute atomic E-state index is 0.179. The van der Waals surface area contributed by atoms with Crippen LogP contribution in [0.1, 0.15) is 12.1 Å². The third-order valence-electron chi connectivity index (χ3n) is 2.93. The van der Waals surface area contributed by atoms with Gasteiger partial charge in [-0.1, -0.05) is 12.1 Å². The molecule has 0 spiro atoms. The number of nitrogens with one attached hydrogen (secondary N) is 1. The van der Waals surface area contributed by atoms with E-state index >= 15 is 0 Å². The third kappa shape index (κ3) is 3.58. The summed E-state index contributed by atoms with van der Waals surface area (Å²) in [7, 11) is 0. The predicted octanol–water partition coefficient (Wildman–Crippen LogP) is 2.46. The molecule has 1 aromatic carbocycles. The Kier molecular flexibility index (Phi) is 4.99. The van der Waals surface area contributed by atoms with Gasteiger partial charge in [0.25, 0.3) is 0 Å². The number of para-hydroxylation sites is 2. The maximum atomic E-state index is 9.10. The fraction of sp³-hybridized carbons (Fsp3) is 0.429. The molecule has 2 aromatic rings. The lowest BCUT2D eigenvalue weighted by molar-refractivity contribution is 0.282. The van der Waals surface area contributed by atoms with Crippen LogP contribution >= 0.6 is 11.8 Å². The second-order valence-corrected chi connectivity index (χ2v) is 5.37. The Morgan fingerprint density at radius 3 is 2.58 bits per heavy atom. The van der Waals surface area contributed by atoms with Gasteiger partial charge < -0.3 is 10.4 Å². The number of fused-ring (bicyclic) bond motifs is 1. The van der Waals surface area contributed by atoms with E-state index in [4.69, 9.17) is 5.11 Å². The van der Waals surface area contributed by atoms with Crippen LogP contribution in [0.25, 0.3) is 11.0 Å². The Bertz CT molecular complexity index is 541. The number of aliphatic hydroxyl groups is 1. The number of thioether (sulfide) groups is 1. The molecule has 1 atom stereocenters. The molecule has 1 unspecified atom stereocenters. The summed E-state index contributed by atoms with van der Waals surface area (Å²) >= 11 is 1.76. The summed E-state index contributed by atoms with van der Waals surface area (Å²) in [6, 6.07) is 8.07. The van der Waals surface area contributed by atoms with Gasteiger partial charge >= 0.3 is 0 Å². The third-order valence-corrected chi connectivity index (χ3v) is 3.67. The van der Waals surface area contributed by atoms with Crippen molar-refractivity contribution < 1.29 is 5.11 Å². The molecule has 1 heterocycles. The second kappa shape index (κ2) is 6.73. The highest BCUT2D eigenvalue weighted by atomic mass is 32.2. The molecule has 0 radical (unpaired) electrons. The van der Waals surface area contributed by atoms with E-state index in [1.165, 1.54) is 0 Å². The van der Waals surface area contributed by atoms with Crippen LogP contribution in [0.2, 0.25) is 0 Å². The van der Waals surface area contributed by atoms with E-state index in [1.54, 1.807) is 11.8 Å². The van der Waals surface area contributed by atoms with Crippen molar-refractivity contribution in [2.24, 2.45) is 0 Å². The molecule has 0 saturated heterocycles. The number of aromatic nitrogens is 2. The summed E-state index contributed by atoms with van der Waals surface area (Å²) in [4.78, 5) is 9.17. The molecule has 102 valence electrons. The van der Waals surface area contributed by atoms with Gasteiger partial charge in [-0.15, -0.1) is 0 Å². The summed E-state index contributed by atoms with van der Waals surface area (Å²) in [6.45, 7) is 2.13. The number of benzene rings is 1. The molecule has 0 aliphatic carbocycles. The molecule has 0 fully saturated rings. The maximum absolute atomic E-state index is 9.10. The first-order chi connectivity index (χ1) is 9.24. The Morgan fingerprint density at radius 1 is 1.26 bits per heavy atom. The van der Waals surface area contributed by atoms with Crippen LogP contribution in [0.4, 0.5) is 5.82 Å². The van der Waals surface area contributed by atoms with Gasteiger partial charge in [-0.05, 0) is 31.7 Å². The molecular weight excluding hydrogens is 258 g/mol. The summed E-state index contributed by atoms with van der Waals surface area (Å²) in [5.41, 5.74) is 2.69. The molecule has 0 aliphatic heterocycles. The van der Waals surface area contributed by atoms with Gasteiger partial charge in [0, 0.05) is 18.4 Å². The van der Waals surface area contributed by atoms with Gasteiger partial charge in [-0.3, -0.25) is 0 Å². The lowest BCUT2D eigenvalue weighted by Gasteiger charge is -2.18. The minimum Gasteiger partial charge on any atom is -0.396 e. The van der Waals surface area contributed by atoms with Crippen molar-refractivity contribution in [1.29, 1.82) is 0 Å². The Labute approximate surface area is 117 Å². The molecule has 1 aromatic heterocycles. The Morgan fingerprint density at radius 2 is 1.95 bits per heavy atom. The fourth-order valence-corrected chi connectivity index (χ4v) is 2.62. The first kappa shape index (κ1) is 14.1. The summed E-state index contributed by atoms with van der Waals surface area (Å²) < 4.78 is 0. The van der Waals surface area contributed by atoms with Crippen LogP contribution in [-0.4, -0.2) is 39.7 Å². The zero-order chi connectivity index (χ0) is 13.7. The monoisotopic (exact) mass is 277 g/mol. The predicted molar refractivity (Wildman–Crippen MR) is 81.8 cm³/mol. The molecule has 0 bridgehead atoms. The summed E-state index contributed by atoms with van der Waals surface area (Å²) in [6.07, 6.45) is 2.78. The number of rotatable bonds is 6. The van der Waals surface area contributed by atoms with Gasteiger partial charge in [0.1, 0.15) is 5.82 Å². The SMILES string of the molecule is CSCC(CCO)Nc1nc2ccccc2nc1C. The molecule has 0 aliphatic rings. The highest BCUT2D eigenvalue weighted by Crippen LogP contribution is 2.18. The van der Waals surface area contributed by atoms with Crippen LogP contribution in [0, 0.1) is 6.92 Å². The average Bonchev–Trinajstić information content (AvgIpc) is 2.40. The number of hydrogen-bond donors (Lipinski definition) is 2. The molecule has 4 nitrogen and oxygen atoms in total. The van der Waals surface area contributed by atoms with E-state index in [-0.39, 0.29) is 12.6 Å². The Hall–Kier alpha value is -1.33. The number of aliphatic hydroxyl groups excluding tert-OH is 1. The van der Waals surface area contributed by atoms with Crippen molar-refractivity contribution in [3.8, 4) is 0 Å². The van der Waals surface area contributed by atoms with Crippen molar-refractivity contribution in [3.05, 3.63) is 30.0 Å². The molecule has 0 saturated carbocycles. The summed E-state index contributed by atoms with van der Waals surface area (Å²) in [5.74, 6) is 1.75. The molecule has 19 heavy (non-hydrogen) atoms. The smallest absolute Gasteiger partial charge is 0.148 e. The van der Waals surface area contributed by atoms with Gasteiger partial charge in [0.05, 0.1) is 16.7 Å². The van der Waals surface area contributed by atoms with Gasteiger partial charge in [-0.2, -0.15) is 11.8 Å². The van der Waals surface area contributed by atoms with E-state index in [9.17, 15) is 0 Å². The van der Waals surface area contributed by atoms with E-state index in [1.807, 2.05) is 31.2 Å². The highest BCUT2D eigenvalue weighted by molar-refractivity contribution is 7.98. The quantitative estimate of drug-likeness (QED) is 0.849. The molecule has 0 amide bonds. The zero-order valence-corrected chi connectivity index (χ0v) is 12.1. The van der Waals surface area contributed by atoms with Gasteiger partial charge in [0.15, 0.2) is 0 Å². The Balaban J connectivity index is 2.25. The lowest BCUT2D eigenvalue weighted by atomic mass is 10.2. The first-order valence-corrected chi connectivity index (χ1v) is 7.73. The fourth-order valence-electron chi connectivity index (χ4n) is 1.97. The normalized spacial score (nSPS) is 12.6. The zero-order valence-electron chi connectivity index (χ0n) is 11.3. The number of aryl methyl sites for hydroxylation is 1. The van der Waals surface area contributed by atoms with Crippen molar-refractivity contribution in [2.75, 3.05) is 23.9 Å². The van der Waals surface area contributed by atoms with Crippen LogP contribution in [-0.2, 0) is 0 Å². The maximum Gasteiger partial charge on any atom is 0.148 e. The van der Waals surface area contributed by atoms with Crippen molar-refractivity contribution in [2.45, 2.75) is 19.4 Å². The van der Waals surface area contributed by atoms with E-state index < -0.39 is 0 Å². The minimum atomic E-state index is 0.179. The highest BCUT2D eigenvalue weighted by Gasteiger charge is 2.11. The van der Waals surface area contributed by atoms with E-state index in [2.05, 4.69) is 21.5 Å². The standard InChI is InChI=1S/C14H19N3OS/c1-10-14(16-11(7-8-18)9-19-2)17-13-6-4-3-5-12(13)15-10/h3-6,11,18H,7-9H2,1-2H3,(H,16,17). The number of hydrogen-bond acceptors (Lipinski definition) is 5. The van der Waals surface area contributed by atoms with Crippen molar-refractivity contribution in [1.82, 2.24) is 9.97 Å². The number of anilines is 1. The van der Waals surface area contributed by atoms with Crippen LogP contribution in [0.5, 0.6) is 0 Å². The molecular formula is C14H19N3OS. The molecule has 2 N–H and O–H groups in total.